The first kappa shape index (κ1) is 24.0. The van der Waals surface area contributed by atoms with Crippen LogP contribution in [0.1, 0.15) is 48.2 Å². The van der Waals surface area contributed by atoms with Crippen molar-refractivity contribution in [3.05, 3.63) is 77.2 Å². The molecule has 0 spiro atoms. The molecule has 2 aliphatic rings. The van der Waals surface area contributed by atoms with Crippen LogP contribution < -0.4 is 14.5 Å². The molecule has 0 unspecified atom stereocenters. The van der Waals surface area contributed by atoms with Gasteiger partial charge in [0.2, 0.25) is 0 Å². The molecule has 7 nitrogen and oxygen atoms in total. The van der Waals surface area contributed by atoms with Gasteiger partial charge in [0, 0.05) is 31.9 Å². The first-order valence-electron chi connectivity index (χ1n) is 12.5. The number of nitrogens with zero attached hydrogens (tertiary/aromatic N) is 3. The molecule has 0 N–H and O–H groups in total. The van der Waals surface area contributed by atoms with Gasteiger partial charge in [-0.15, -0.1) is 0 Å². The quantitative estimate of drug-likeness (QED) is 0.530. The summed E-state index contributed by atoms with van der Waals surface area (Å²) in [6.07, 6.45) is 0. The summed E-state index contributed by atoms with van der Waals surface area (Å²) in [6, 6.07) is 17.8. The molecule has 2 aromatic carbocycles. The highest BCUT2D eigenvalue weighted by Crippen LogP contribution is 2.37. The summed E-state index contributed by atoms with van der Waals surface area (Å²) >= 11 is 0. The van der Waals surface area contributed by atoms with E-state index >= 15 is 0 Å². The molecule has 7 heteroatoms. The lowest BCUT2D eigenvalue weighted by molar-refractivity contribution is -0.121. The van der Waals surface area contributed by atoms with Crippen molar-refractivity contribution in [1.29, 1.82) is 0 Å². The molecule has 3 aromatic rings. The predicted octanol–water partition coefficient (Wildman–Crippen LogP) is 4.77. The van der Waals surface area contributed by atoms with E-state index in [0.717, 1.165) is 24.3 Å². The van der Waals surface area contributed by atoms with E-state index in [1.807, 2.05) is 35.2 Å². The standard InChI is InChI=1S/C29H33N3O4/c1-20-7-5-6-8-23(20)30-13-15-31(16-14-30)28(34)26-12-10-22(36-26)18-32-24-17-21(29(2,3)4)9-11-25(24)35-19-27(32)33/h5-12,17H,13-16,18-19H2,1-4H3. The second-order valence-corrected chi connectivity index (χ2v) is 10.5. The van der Waals surface area contributed by atoms with Crippen LogP contribution in [0.4, 0.5) is 11.4 Å². The maximum Gasteiger partial charge on any atom is 0.289 e. The lowest BCUT2D eigenvalue weighted by Crippen LogP contribution is -2.48. The number of piperazine rings is 1. The van der Waals surface area contributed by atoms with E-state index in [4.69, 9.17) is 9.15 Å². The Labute approximate surface area is 212 Å². The van der Waals surface area contributed by atoms with Crippen LogP contribution >= 0.6 is 0 Å². The van der Waals surface area contributed by atoms with Crippen molar-refractivity contribution < 1.29 is 18.7 Å². The second kappa shape index (κ2) is 9.37. The number of aryl methyl sites for hydroxylation is 1. The summed E-state index contributed by atoms with van der Waals surface area (Å²) in [5.74, 6) is 1.30. The molecule has 0 radical (unpaired) electrons. The largest absolute Gasteiger partial charge is 0.482 e. The number of carbonyl (C=O) groups is 2. The fourth-order valence-electron chi connectivity index (χ4n) is 4.80. The number of furan rings is 1. The number of anilines is 2. The molecule has 2 aliphatic heterocycles. The van der Waals surface area contributed by atoms with Gasteiger partial charge in [0.1, 0.15) is 11.5 Å². The maximum atomic E-state index is 13.1. The summed E-state index contributed by atoms with van der Waals surface area (Å²) < 4.78 is 11.6. The second-order valence-electron chi connectivity index (χ2n) is 10.5. The van der Waals surface area contributed by atoms with Crippen LogP contribution in [0.15, 0.2) is 59.0 Å². The molecule has 188 valence electrons. The summed E-state index contributed by atoms with van der Waals surface area (Å²) in [5, 5.41) is 0. The maximum absolute atomic E-state index is 13.1. The van der Waals surface area contributed by atoms with E-state index < -0.39 is 0 Å². The molecule has 0 bridgehead atoms. The van der Waals surface area contributed by atoms with Gasteiger partial charge in [0.25, 0.3) is 11.8 Å². The van der Waals surface area contributed by atoms with Gasteiger partial charge in [0.15, 0.2) is 12.4 Å². The topological polar surface area (TPSA) is 66.2 Å². The molecule has 36 heavy (non-hydrogen) atoms. The van der Waals surface area contributed by atoms with Gasteiger partial charge in [-0.2, -0.15) is 0 Å². The number of ether oxygens (including phenoxy) is 1. The smallest absolute Gasteiger partial charge is 0.289 e. The zero-order valence-electron chi connectivity index (χ0n) is 21.4. The molecule has 0 atom stereocenters. The van der Waals surface area contributed by atoms with E-state index in [-0.39, 0.29) is 30.4 Å². The molecule has 1 aromatic heterocycles. The van der Waals surface area contributed by atoms with Gasteiger partial charge in [-0.05, 0) is 53.8 Å². The van der Waals surface area contributed by atoms with Crippen molar-refractivity contribution in [2.75, 3.05) is 42.6 Å². The molecule has 3 heterocycles. The van der Waals surface area contributed by atoms with Crippen LogP contribution in [0.2, 0.25) is 0 Å². The summed E-state index contributed by atoms with van der Waals surface area (Å²) in [5.41, 5.74) is 4.24. The lowest BCUT2D eigenvalue weighted by Gasteiger charge is -2.36. The first-order valence-corrected chi connectivity index (χ1v) is 12.5. The highest BCUT2D eigenvalue weighted by molar-refractivity contribution is 5.98. The van der Waals surface area contributed by atoms with Crippen molar-refractivity contribution in [1.82, 2.24) is 4.90 Å². The van der Waals surface area contributed by atoms with Crippen molar-refractivity contribution in [2.24, 2.45) is 0 Å². The Kier molecular flexibility index (Phi) is 6.24. The summed E-state index contributed by atoms with van der Waals surface area (Å²) in [4.78, 5) is 31.7. The van der Waals surface area contributed by atoms with E-state index in [0.29, 0.717) is 30.4 Å². The van der Waals surface area contributed by atoms with Crippen LogP contribution in [0.3, 0.4) is 0 Å². The van der Waals surface area contributed by atoms with E-state index in [1.54, 1.807) is 17.0 Å². The van der Waals surface area contributed by atoms with Crippen molar-refractivity contribution in [3.8, 4) is 5.75 Å². The molecule has 0 aliphatic carbocycles. The first-order chi connectivity index (χ1) is 17.2. The fourth-order valence-corrected chi connectivity index (χ4v) is 4.80. The number of hydrogen-bond acceptors (Lipinski definition) is 5. The van der Waals surface area contributed by atoms with Crippen LogP contribution in [0.25, 0.3) is 0 Å². The Hall–Kier alpha value is -3.74. The monoisotopic (exact) mass is 487 g/mol. The molecule has 0 saturated carbocycles. The predicted molar refractivity (Wildman–Crippen MR) is 140 cm³/mol. The zero-order valence-corrected chi connectivity index (χ0v) is 21.4. The van der Waals surface area contributed by atoms with Crippen LogP contribution in [0, 0.1) is 6.92 Å². The molecule has 1 saturated heterocycles. The average molecular weight is 488 g/mol. The fraction of sp³-hybridized carbons (Fsp3) is 0.379. The molecule has 5 rings (SSSR count). The number of amides is 2. The Morgan fingerprint density at radius 1 is 0.944 bits per heavy atom. The molecule has 2 amide bonds. The lowest BCUT2D eigenvalue weighted by atomic mass is 9.86. The summed E-state index contributed by atoms with van der Waals surface area (Å²) in [7, 11) is 0. The number of hydrogen-bond donors (Lipinski definition) is 0. The number of para-hydroxylation sites is 1. The van der Waals surface area contributed by atoms with Crippen molar-refractivity contribution in [2.45, 2.75) is 39.7 Å². The van der Waals surface area contributed by atoms with Crippen molar-refractivity contribution >= 4 is 23.2 Å². The third-order valence-corrected chi connectivity index (χ3v) is 6.98. The Morgan fingerprint density at radius 2 is 1.69 bits per heavy atom. The SMILES string of the molecule is Cc1ccccc1N1CCN(C(=O)c2ccc(CN3C(=O)COc4ccc(C(C)(C)C)cc43)o2)CC1. The van der Waals surface area contributed by atoms with Crippen LogP contribution in [-0.2, 0) is 16.8 Å². The number of carbonyl (C=O) groups excluding carboxylic acids is 2. The Morgan fingerprint density at radius 3 is 2.42 bits per heavy atom. The van der Waals surface area contributed by atoms with Gasteiger partial charge in [-0.25, -0.2) is 0 Å². The van der Waals surface area contributed by atoms with Crippen molar-refractivity contribution in [3.63, 3.8) is 0 Å². The minimum absolute atomic E-state index is 0.0144. The van der Waals surface area contributed by atoms with Gasteiger partial charge < -0.3 is 19.0 Å². The third-order valence-electron chi connectivity index (χ3n) is 6.98. The highest BCUT2D eigenvalue weighted by Gasteiger charge is 2.30. The minimum atomic E-state index is -0.134. The van der Waals surface area contributed by atoms with E-state index in [1.165, 1.54) is 11.3 Å². The summed E-state index contributed by atoms with van der Waals surface area (Å²) in [6.45, 7) is 11.6. The Balaban J connectivity index is 1.27. The van der Waals surface area contributed by atoms with E-state index in [9.17, 15) is 9.59 Å². The number of benzene rings is 2. The molecular formula is C29H33N3O4. The van der Waals surface area contributed by atoms with E-state index in [2.05, 4.69) is 44.7 Å². The van der Waals surface area contributed by atoms with Gasteiger partial charge in [-0.1, -0.05) is 45.0 Å². The number of fused-ring (bicyclic) bond motifs is 1. The zero-order chi connectivity index (χ0) is 25.4. The highest BCUT2D eigenvalue weighted by atomic mass is 16.5. The van der Waals surface area contributed by atoms with Gasteiger partial charge >= 0.3 is 0 Å². The normalized spacial score (nSPS) is 16.1. The number of rotatable bonds is 4. The van der Waals surface area contributed by atoms with Crippen LogP contribution in [0.5, 0.6) is 5.75 Å². The molecular weight excluding hydrogens is 454 g/mol. The Bertz CT molecular complexity index is 1280. The average Bonchev–Trinajstić information content (AvgIpc) is 3.33. The minimum Gasteiger partial charge on any atom is -0.482 e. The van der Waals surface area contributed by atoms with Gasteiger partial charge in [0.05, 0.1) is 12.2 Å². The molecule has 1 fully saturated rings. The van der Waals surface area contributed by atoms with Crippen LogP contribution in [-0.4, -0.2) is 49.5 Å². The third kappa shape index (κ3) is 4.70. The van der Waals surface area contributed by atoms with Gasteiger partial charge in [-0.3, -0.25) is 14.5 Å².